The number of ether oxygens (including phenoxy) is 1. The molecule has 2 aromatic heterocycles. The van der Waals surface area contributed by atoms with Gasteiger partial charge in [0.15, 0.2) is 0 Å². The highest BCUT2D eigenvalue weighted by Crippen LogP contribution is 2.24. The van der Waals surface area contributed by atoms with Crippen molar-refractivity contribution in [1.82, 2.24) is 9.97 Å². The van der Waals surface area contributed by atoms with Crippen LogP contribution in [0, 0.1) is 6.92 Å². The summed E-state index contributed by atoms with van der Waals surface area (Å²) in [5.74, 6) is 0.817. The molecular weight excluding hydrogens is 152 g/mol. The Bertz CT molecular complexity index is 406. The van der Waals surface area contributed by atoms with E-state index in [1.165, 1.54) is 0 Å². The Morgan fingerprint density at radius 1 is 1.50 bits per heavy atom. The van der Waals surface area contributed by atoms with Gasteiger partial charge in [-0.2, -0.15) is 0 Å². The maximum Gasteiger partial charge on any atom is 0.146 e. The van der Waals surface area contributed by atoms with E-state index >= 15 is 0 Å². The molecule has 0 unspecified atom stereocenters. The highest BCUT2D eigenvalue weighted by molar-refractivity contribution is 5.86. The van der Waals surface area contributed by atoms with Crippen molar-refractivity contribution in [3.8, 4) is 5.75 Å². The molecule has 2 rings (SSSR count). The second-order valence-corrected chi connectivity index (χ2v) is 2.68. The van der Waals surface area contributed by atoms with E-state index in [1.54, 1.807) is 13.3 Å². The number of aromatic amines is 1. The molecule has 1 N–H and O–H groups in total. The number of nitrogens with zero attached hydrogens (tertiary/aromatic N) is 1. The van der Waals surface area contributed by atoms with Crippen LogP contribution in [0.5, 0.6) is 5.75 Å². The molecule has 3 nitrogen and oxygen atoms in total. The summed E-state index contributed by atoms with van der Waals surface area (Å²) in [6, 6.07) is 1.99. The van der Waals surface area contributed by atoms with Crippen molar-refractivity contribution < 1.29 is 4.74 Å². The normalized spacial score (nSPS) is 10.5. The largest absolute Gasteiger partial charge is 0.494 e. The molecule has 0 aliphatic rings. The Balaban J connectivity index is 2.82. The van der Waals surface area contributed by atoms with Crippen LogP contribution in [-0.2, 0) is 0 Å². The Hall–Kier alpha value is -1.51. The molecule has 0 amide bonds. The highest BCUT2D eigenvalue weighted by atomic mass is 16.5. The van der Waals surface area contributed by atoms with Crippen LogP contribution in [0.3, 0.4) is 0 Å². The Labute approximate surface area is 70.4 Å². The van der Waals surface area contributed by atoms with Crippen LogP contribution in [-0.4, -0.2) is 17.1 Å². The number of fused-ring (bicyclic) bond motifs is 1. The van der Waals surface area contributed by atoms with E-state index in [1.807, 2.05) is 19.2 Å². The second-order valence-electron chi connectivity index (χ2n) is 2.68. The lowest BCUT2D eigenvalue weighted by Gasteiger charge is -2.01. The molecule has 0 saturated heterocycles. The molecular formula is C9H10N2O. The summed E-state index contributed by atoms with van der Waals surface area (Å²) in [4.78, 5) is 7.31. The Kier molecular flexibility index (Phi) is 1.50. The molecule has 12 heavy (non-hydrogen) atoms. The lowest BCUT2D eigenvalue weighted by atomic mass is 10.2. The predicted molar refractivity (Wildman–Crippen MR) is 47.4 cm³/mol. The van der Waals surface area contributed by atoms with Crippen LogP contribution in [0.1, 0.15) is 5.69 Å². The molecule has 0 aliphatic heterocycles. The fourth-order valence-electron chi connectivity index (χ4n) is 1.33. The van der Waals surface area contributed by atoms with Gasteiger partial charge in [-0.1, -0.05) is 0 Å². The third-order valence-corrected chi connectivity index (χ3v) is 1.97. The lowest BCUT2D eigenvalue weighted by Crippen LogP contribution is -1.88. The number of hydrogen-bond acceptors (Lipinski definition) is 2. The first-order chi connectivity index (χ1) is 5.83. The van der Waals surface area contributed by atoms with Crippen molar-refractivity contribution in [3.05, 3.63) is 24.2 Å². The smallest absolute Gasteiger partial charge is 0.146 e. The molecule has 0 radical (unpaired) electrons. The molecule has 0 bridgehead atoms. The number of rotatable bonds is 1. The summed E-state index contributed by atoms with van der Waals surface area (Å²) < 4.78 is 5.16. The second kappa shape index (κ2) is 2.52. The highest BCUT2D eigenvalue weighted by Gasteiger charge is 2.04. The number of H-pyrrole nitrogens is 1. The number of aromatic nitrogens is 2. The van der Waals surface area contributed by atoms with Gasteiger partial charge in [-0.05, 0) is 13.0 Å². The molecule has 0 atom stereocenters. The first-order valence-corrected chi connectivity index (χ1v) is 3.79. The third-order valence-electron chi connectivity index (χ3n) is 1.97. The maximum atomic E-state index is 5.16. The Morgan fingerprint density at radius 2 is 2.33 bits per heavy atom. The van der Waals surface area contributed by atoms with Gasteiger partial charge >= 0.3 is 0 Å². The van der Waals surface area contributed by atoms with Crippen LogP contribution in [0.15, 0.2) is 18.5 Å². The quantitative estimate of drug-likeness (QED) is 0.695. The van der Waals surface area contributed by atoms with Gasteiger partial charge in [-0.15, -0.1) is 0 Å². The van der Waals surface area contributed by atoms with Crippen LogP contribution in [0.4, 0.5) is 0 Å². The minimum absolute atomic E-state index is 0.817. The van der Waals surface area contributed by atoms with Crippen molar-refractivity contribution in [2.24, 2.45) is 0 Å². The van der Waals surface area contributed by atoms with Gasteiger partial charge in [0.05, 0.1) is 24.5 Å². The van der Waals surface area contributed by atoms with Crippen molar-refractivity contribution >= 4 is 10.9 Å². The molecule has 0 saturated carbocycles. The van der Waals surface area contributed by atoms with Gasteiger partial charge in [0.1, 0.15) is 5.75 Å². The molecule has 0 fully saturated rings. The van der Waals surface area contributed by atoms with E-state index < -0.39 is 0 Å². The maximum absolute atomic E-state index is 5.16. The summed E-state index contributed by atoms with van der Waals surface area (Å²) >= 11 is 0. The minimum atomic E-state index is 0.817. The average molecular weight is 162 g/mol. The van der Waals surface area contributed by atoms with Gasteiger partial charge < -0.3 is 9.72 Å². The number of nitrogens with one attached hydrogen (secondary N) is 1. The van der Waals surface area contributed by atoms with Gasteiger partial charge in [-0.3, -0.25) is 4.98 Å². The van der Waals surface area contributed by atoms with E-state index in [9.17, 15) is 0 Å². The van der Waals surface area contributed by atoms with E-state index in [-0.39, 0.29) is 0 Å². The predicted octanol–water partition coefficient (Wildman–Crippen LogP) is 1.88. The van der Waals surface area contributed by atoms with Gasteiger partial charge in [0.2, 0.25) is 0 Å². The SMILES string of the molecule is COc1cnc(C)c2[nH]ccc12. The van der Waals surface area contributed by atoms with Gasteiger partial charge in [0, 0.05) is 11.6 Å². The zero-order chi connectivity index (χ0) is 8.55. The Morgan fingerprint density at radius 3 is 3.08 bits per heavy atom. The number of hydrogen-bond donors (Lipinski definition) is 1. The molecule has 2 aromatic rings. The van der Waals surface area contributed by atoms with Crippen molar-refractivity contribution in [2.75, 3.05) is 7.11 Å². The zero-order valence-electron chi connectivity index (χ0n) is 7.09. The van der Waals surface area contributed by atoms with Crippen molar-refractivity contribution in [3.63, 3.8) is 0 Å². The third kappa shape index (κ3) is 0.863. The molecule has 62 valence electrons. The van der Waals surface area contributed by atoms with Crippen molar-refractivity contribution in [1.29, 1.82) is 0 Å². The number of pyridine rings is 1. The summed E-state index contributed by atoms with van der Waals surface area (Å²) in [5.41, 5.74) is 2.05. The fourth-order valence-corrected chi connectivity index (χ4v) is 1.33. The first-order valence-electron chi connectivity index (χ1n) is 3.79. The van der Waals surface area contributed by atoms with Gasteiger partial charge in [-0.25, -0.2) is 0 Å². The fraction of sp³-hybridized carbons (Fsp3) is 0.222. The van der Waals surface area contributed by atoms with Crippen molar-refractivity contribution in [2.45, 2.75) is 6.92 Å². The van der Waals surface area contributed by atoms with E-state index in [0.717, 1.165) is 22.3 Å². The first kappa shape index (κ1) is 7.16. The topological polar surface area (TPSA) is 37.9 Å². The van der Waals surface area contributed by atoms with E-state index in [4.69, 9.17) is 4.74 Å². The summed E-state index contributed by atoms with van der Waals surface area (Å²) in [5, 5.41) is 1.09. The average Bonchev–Trinajstić information content (AvgIpc) is 2.54. The number of methoxy groups -OCH3 is 1. The summed E-state index contributed by atoms with van der Waals surface area (Å²) in [6.45, 7) is 1.97. The summed E-state index contributed by atoms with van der Waals surface area (Å²) in [7, 11) is 1.65. The standard InChI is InChI=1S/C9H10N2O/c1-6-9-7(3-4-10-9)8(12-2)5-11-6/h3-5,10H,1-2H3. The van der Waals surface area contributed by atoms with Crippen LogP contribution >= 0.6 is 0 Å². The summed E-state index contributed by atoms with van der Waals surface area (Å²) in [6.07, 6.45) is 3.63. The van der Waals surface area contributed by atoms with Crippen LogP contribution in [0.2, 0.25) is 0 Å². The zero-order valence-corrected chi connectivity index (χ0v) is 7.09. The molecule has 0 aliphatic carbocycles. The molecule has 2 heterocycles. The lowest BCUT2D eigenvalue weighted by molar-refractivity contribution is 0.418. The van der Waals surface area contributed by atoms with Crippen LogP contribution in [0.25, 0.3) is 10.9 Å². The van der Waals surface area contributed by atoms with Crippen LogP contribution < -0.4 is 4.74 Å². The number of aryl methyl sites for hydroxylation is 1. The molecule has 3 heteroatoms. The monoisotopic (exact) mass is 162 g/mol. The molecule has 0 spiro atoms. The minimum Gasteiger partial charge on any atom is -0.494 e. The molecule has 0 aromatic carbocycles. The van der Waals surface area contributed by atoms with Gasteiger partial charge in [0.25, 0.3) is 0 Å². The van der Waals surface area contributed by atoms with E-state index in [0.29, 0.717) is 0 Å². The van der Waals surface area contributed by atoms with E-state index in [2.05, 4.69) is 9.97 Å².